The molecule has 1 saturated carbocycles. The third-order valence-corrected chi connectivity index (χ3v) is 4.94. The largest absolute Gasteiger partial charge is 0.378 e. The van der Waals surface area contributed by atoms with E-state index in [1.807, 2.05) is 36.4 Å². The Bertz CT molecular complexity index is 743. The Morgan fingerprint density at radius 1 is 1.04 bits per heavy atom. The topological polar surface area (TPSA) is 67.6 Å². The molecule has 0 aromatic heterocycles. The van der Waals surface area contributed by atoms with Crippen LogP contribution in [0.15, 0.2) is 48.5 Å². The van der Waals surface area contributed by atoms with Crippen molar-refractivity contribution >= 4 is 29.7 Å². The van der Waals surface area contributed by atoms with Gasteiger partial charge in [0.2, 0.25) is 0 Å². The van der Waals surface area contributed by atoms with Crippen LogP contribution in [-0.2, 0) is 4.74 Å². The molecule has 1 heterocycles. The van der Waals surface area contributed by atoms with Gasteiger partial charge < -0.3 is 20.7 Å². The van der Waals surface area contributed by atoms with Gasteiger partial charge in [-0.3, -0.25) is 4.79 Å². The Labute approximate surface area is 159 Å². The fourth-order valence-electron chi connectivity index (χ4n) is 3.26. The number of benzene rings is 2. The summed E-state index contributed by atoms with van der Waals surface area (Å²) in [6, 6.07) is 16.0. The Morgan fingerprint density at radius 2 is 1.65 bits per heavy atom. The third kappa shape index (κ3) is 4.18. The lowest BCUT2D eigenvalue weighted by Gasteiger charge is -2.28. The number of rotatable bonds is 4. The Kier molecular flexibility index (Phi) is 5.81. The molecular weight excluding hydrogens is 350 g/mol. The van der Waals surface area contributed by atoms with Crippen molar-refractivity contribution in [2.75, 3.05) is 36.5 Å². The van der Waals surface area contributed by atoms with Crippen molar-refractivity contribution in [2.24, 2.45) is 5.73 Å². The highest BCUT2D eigenvalue weighted by molar-refractivity contribution is 6.04. The number of halogens is 1. The molecule has 1 saturated heterocycles. The van der Waals surface area contributed by atoms with E-state index < -0.39 is 0 Å². The molecule has 6 heteroatoms. The molecule has 5 nitrogen and oxygen atoms in total. The maximum Gasteiger partial charge on any atom is 0.255 e. The van der Waals surface area contributed by atoms with Gasteiger partial charge in [0.05, 0.1) is 13.2 Å². The van der Waals surface area contributed by atoms with Gasteiger partial charge in [0.25, 0.3) is 5.91 Å². The summed E-state index contributed by atoms with van der Waals surface area (Å²) in [4.78, 5) is 14.7. The third-order valence-electron chi connectivity index (χ3n) is 4.94. The molecule has 2 aliphatic rings. The van der Waals surface area contributed by atoms with Crippen LogP contribution in [0.25, 0.3) is 0 Å². The van der Waals surface area contributed by atoms with E-state index in [0.717, 1.165) is 44.1 Å². The van der Waals surface area contributed by atoms with Crippen molar-refractivity contribution < 1.29 is 9.53 Å². The molecule has 2 unspecified atom stereocenters. The van der Waals surface area contributed by atoms with Gasteiger partial charge in [-0.2, -0.15) is 0 Å². The van der Waals surface area contributed by atoms with Crippen molar-refractivity contribution in [1.29, 1.82) is 0 Å². The minimum atomic E-state index is -0.0931. The van der Waals surface area contributed by atoms with E-state index in [-0.39, 0.29) is 18.3 Å². The fourth-order valence-corrected chi connectivity index (χ4v) is 3.26. The summed E-state index contributed by atoms with van der Waals surface area (Å²) in [5.41, 5.74) is 9.72. The fraction of sp³-hybridized carbons (Fsp3) is 0.350. The van der Waals surface area contributed by atoms with E-state index >= 15 is 0 Å². The molecule has 2 aromatic carbocycles. The Hall–Kier alpha value is -2.08. The molecule has 3 N–H and O–H groups in total. The zero-order valence-electron chi connectivity index (χ0n) is 14.6. The summed E-state index contributed by atoms with van der Waals surface area (Å²) in [5, 5.41) is 2.95. The minimum Gasteiger partial charge on any atom is -0.378 e. The summed E-state index contributed by atoms with van der Waals surface area (Å²) in [6.07, 6.45) is 1.06. The van der Waals surface area contributed by atoms with Gasteiger partial charge in [-0.05, 0) is 48.4 Å². The first-order valence-corrected chi connectivity index (χ1v) is 8.80. The standard InChI is InChI=1S/C20H23N3O2.ClH/c21-19-13-18(19)14-1-5-16(6-2-14)22-20(24)15-3-7-17(8-4-15)23-9-11-25-12-10-23;/h1-8,18-19H,9-13,21H2,(H,22,24);1H. The van der Waals surface area contributed by atoms with Gasteiger partial charge in [0.1, 0.15) is 0 Å². The zero-order valence-corrected chi connectivity index (χ0v) is 15.4. The Balaban J connectivity index is 0.00000196. The van der Waals surface area contributed by atoms with Gasteiger partial charge in [-0.1, -0.05) is 12.1 Å². The average Bonchev–Trinajstić information content (AvgIpc) is 3.40. The summed E-state index contributed by atoms with van der Waals surface area (Å²) in [5.74, 6) is 0.391. The lowest BCUT2D eigenvalue weighted by Crippen LogP contribution is -2.36. The number of nitrogens with one attached hydrogen (secondary N) is 1. The summed E-state index contributed by atoms with van der Waals surface area (Å²) >= 11 is 0. The molecule has 1 amide bonds. The van der Waals surface area contributed by atoms with Gasteiger partial charge in [-0.15, -0.1) is 12.4 Å². The van der Waals surface area contributed by atoms with Crippen LogP contribution in [0, 0.1) is 0 Å². The second kappa shape index (κ2) is 8.08. The van der Waals surface area contributed by atoms with Gasteiger partial charge >= 0.3 is 0 Å². The van der Waals surface area contributed by atoms with Crippen LogP contribution in [0.4, 0.5) is 11.4 Å². The molecule has 4 rings (SSSR count). The van der Waals surface area contributed by atoms with Crippen LogP contribution in [0.5, 0.6) is 0 Å². The normalized spacial score (nSPS) is 21.7. The number of carbonyl (C=O) groups is 1. The summed E-state index contributed by atoms with van der Waals surface area (Å²) in [7, 11) is 0. The molecule has 2 fully saturated rings. The second-order valence-corrected chi connectivity index (χ2v) is 6.73. The molecule has 0 bridgehead atoms. The van der Waals surface area contributed by atoms with Gasteiger partial charge in [-0.25, -0.2) is 0 Å². The highest BCUT2D eigenvalue weighted by Crippen LogP contribution is 2.39. The van der Waals surface area contributed by atoms with Crippen LogP contribution in [0.2, 0.25) is 0 Å². The van der Waals surface area contributed by atoms with E-state index in [4.69, 9.17) is 10.5 Å². The van der Waals surface area contributed by atoms with E-state index in [1.165, 1.54) is 5.56 Å². The first-order chi connectivity index (χ1) is 12.2. The average molecular weight is 374 g/mol. The number of hydrogen-bond donors (Lipinski definition) is 2. The first kappa shape index (κ1) is 18.7. The molecule has 0 radical (unpaired) electrons. The number of carbonyl (C=O) groups excluding carboxylic acids is 1. The summed E-state index contributed by atoms with van der Waals surface area (Å²) in [6.45, 7) is 3.29. The van der Waals surface area contributed by atoms with E-state index in [9.17, 15) is 4.79 Å². The monoisotopic (exact) mass is 373 g/mol. The van der Waals surface area contributed by atoms with Crippen LogP contribution in [0.1, 0.15) is 28.3 Å². The number of nitrogens with zero attached hydrogens (tertiary/aromatic N) is 1. The SMILES string of the molecule is Cl.NC1CC1c1ccc(NC(=O)c2ccc(N3CCOCC3)cc2)cc1. The van der Waals surface area contributed by atoms with E-state index in [0.29, 0.717) is 17.5 Å². The molecule has 1 aliphatic heterocycles. The molecule has 0 spiro atoms. The summed E-state index contributed by atoms with van der Waals surface area (Å²) < 4.78 is 5.37. The van der Waals surface area contributed by atoms with Crippen molar-refractivity contribution in [3.63, 3.8) is 0 Å². The zero-order chi connectivity index (χ0) is 17.2. The molecule has 2 atom stereocenters. The van der Waals surface area contributed by atoms with Crippen molar-refractivity contribution in [3.05, 3.63) is 59.7 Å². The predicted molar refractivity (Wildman–Crippen MR) is 106 cm³/mol. The van der Waals surface area contributed by atoms with Crippen molar-refractivity contribution in [3.8, 4) is 0 Å². The van der Waals surface area contributed by atoms with Crippen molar-refractivity contribution in [1.82, 2.24) is 0 Å². The number of hydrogen-bond acceptors (Lipinski definition) is 4. The smallest absolute Gasteiger partial charge is 0.255 e. The van der Waals surface area contributed by atoms with Gasteiger partial charge in [0.15, 0.2) is 0 Å². The van der Waals surface area contributed by atoms with Crippen LogP contribution >= 0.6 is 12.4 Å². The second-order valence-electron chi connectivity index (χ2n) is 6.73. The maximum atomic E-state index is 12.4. The number of ether oxygens (including phenoxy) is 1. The lowest BCUT2D eigenvalue weighted by atomic mass is 10.1. The maximum absolute atomic E-state index is 12.4. The molecule has 26 heavy (non-hydrogen) atoms. The van der Waals surface area contributed by atoms with Gasteiger partial charge in [0, 0.05) is 42.0 Å². The highest BCUT2D eigenvalue weighted by atomic mass is 35.5. The molecule has 1 aliphatic carbocycles. The Morgan fingerprint density at radius 3 is 2.23 bits per heavy atom. The molecule has 2 aromatic rings. The lowest BCUT2D eigenvalue weighted by molar-refractivity contribution is 0.102. The number of amides is 1. The number of nitrogens with two attached hydrogens (primary N) is 1. The quantitative estimate of drug-likeness (QED) is 0.864. The van der Waals surface area contributed by atoms with Crippen LogP contribution in [-0.4, -0.2) is 38.3 Å². The van der Waals surface area contributed by atoms with Crippen LogP contribution in [0.3, 0.4) is 0 Å². The first-order valence-electron chi connectivity index (χ1n) is 8.80. The highest BCUT2D eigenvalue weighted by Gasteiger charge is 2.34. The van der Waals surface area contributed by atoms with Crippen molar-refractivity contribution in [2.45, 2.75) is 18.4 Å². The minimum absolute atomic E-state index is 0. The number of anilines is 2. The van der Waals surface area contributed by atoms with Crippen LogP contribution < -0.4 is 16.0 Å². The van der Waals surface area contributed by atoms with E-state index in [1.54, 1.807) is 0 Å². The molecule has 138 valence electrons. The number of morpholine rings is 1. The molecular formula is C20H24ClN3O2. The van der Waals surface area contributed by atoms with E-state index in [2.05, 4.69) is 22.3 Å². The predicted octanol–water partition coefficient (Wildman–Crippen LogP) is 3.01.